The van der Waals surface area contributed by atoms with Crippen LogP contribution in [-0.2, 0) is 4.74 Å². The molecule has 1 aliphatic rings. The highest BCUT2D eigenvalue weighted by Gasteiger charge is 2.22. The Kier molecular flexibility index (Phi) is 4.92. The zero-order valence-corrected chi connectivity index (χ0v) is 11.2. The van der Waals surface area contributed by atoms with Crippen LogP contribution in [0.3, 0.4) is 0 Å². The second kappa shape index (κ2) is 6.68. The molecule has 1 fully saturated rings. The van der Waals surface area contributed by atoms with Crippen LogP contribution in [0.2, 0.25) is 0 Å². The Morgan fingerprint density at radius 3 is 2.94 bits per heavy atom. The molecule has 0 aromatic heterocycles. The molecule has 1 aromatic carbocycles. The number of benzene rings is 1. The van der Waals surface area contributed by atoms with Gasteiger partial charge >= 0.3 is 0 Å². The first-order chi connectivity index (χ1) is 8.79. The maximum atomic E-state index is 5.80. The lowest BCUT2D eigenvalue weighted by Crippen LogP contribution is -2.18. The zero-order chi connectivity index (χ0) is 12.8. The second-order valence-electron chi connectivity index (χ2n) is 4.39. The Hall–Kier alpha value is -1.17. The molecule has 18 heavy (non-hydrogen) atoms. The molecule has 0 spiro atoms. The van der Waals surface area contributed by atoms with Crippen molar-refractivity contribution in [2.75, 3.05) is 12.5 Å². The number of alkyl halides is 1. The van der Waals surface area contributed by atoms with E-state index in [1.165, 1.54) is 0 Å². The van der Waals surface area contributed by atoms with Crippen molar-refractivity contribution in [3.63, 3.8) is 0 Å². The van der Waals surface area contributed by atoms with E-state index in [1.54, 1.807) is 0 Å². The number of rotatable bonds is 3. The van der Waals surface area contributed by atoms with Crippen molar-refractivity contribution in [2.24, 2.45) is 0 Å². The fourth-order valence-electron chi connectivity index (χ4n) is 2.01. The molecule has 0 amide bonds. The molecule has 0 aliphatic carbocycles. The van der Waals surface area contributed by atoms with E-state index in [4.69, 9.17) is 21.1 Å². The Labute approximate surface area is 113 Å². The molecule has 1 aliphatic heterocycles. The topological polar surface area (TPSA) is 18.5 Å². The molecule has 0 radical (unpaired) electrons. The van der Waals surface area contributed by atoms with Gasteiger partial charge < -0.3 is 9.47 Å². The summed E-state index contributed by atoms with van der Waals surface area (Å²) in [5.74, 6) is 6.98. The SMILES string of the molecule is CC1CCC(COc2ccccc2C#CCCl)O1. The van der Waals surface area contributed by atoms with Gasteiger partial charge in [0.2, 0.25) is 0 Å². The fraction of sp³-hybridized carbons (Fsp3) is 0.467. The summed E-state index contributed by atoms with van der Waals surface area (Å²) in [6, 6.07) is 7.75. The third-order valence-corrected chi connectivity index (χ3v) is 3.06. The van der Waals surface area contributed by atoms with E-state index in [-0.39, 0.29) is 6.10 Å². The molecule has 2 atom stereocenters. The van der Waals surface area contributed by atoms with Crippen molar-refractivity contribution in [1.29, 1.82) is 0 Å². The lowest BCUT2D eigenvalue weighted by atomic mass is 10.2. The first-order valence-corrected chi connectivity index (χ1v) is 6.75. The van der Waals surface area contributed by atoms with Gasteiger partial charge in [0.1, 0.15) is 12.4 Å². The average Bonchev–Trinajstić information content (AvgIpc) is 2.81. The van der Waals surface area contributed by atoms with E-state index in [0.717, 1.165) is 24.2 Å². The maximum absolute atomic E-state index is 5.80. The quantitative estimate of drug-likeness (QED) is 0.616. The van der Waals surface area contributed by atoms with Crippen LogP contribution in [0.15, 0.2) is 24.3 Å². The van der Waals surface area contributed by atoms with Crippen molar-refractivity contribution < 1.29 is 9.47 Å². The summed E-state index contributed by atoms with van der Waals surface area (Å²) in [5.41, 5.74) is 0.879. The number of hydrogen-bond acceptors (Lipinski definition) is 2. The van der Waals surface area contributed by atoms with Crippen LogP contribution in [0.4, 0.5) is 0 Å². The number of para-hydroxylation sites is 1. The summed E-state index contributed by atoms with van der Waals surface area (Å²) in [7, 11) is 0. The van der Waals surface area contributed by atoms with Gasteiger partial charge in [-0.15, -0.1) is 11.6 Å². The Bertz CT molecular complexity index is 447. The molecular formula is C15H17ClO2. The average molecular weight is 265 g/mol. The van der Waals surface area contributed by atoms with E-state index < -0.39 is 0 Å². The molecule has 2 unspecified atom stereocenters. The maximum Gasteiger partial charge on any atom is 0.135 e. The third kappa shape index (κ3) is 3.66. The number of hydrogen-bond donors (Lipinski definition) is 0. The predicted molar refractivity (Wildman–Crippen MR) is 73.1 cm³/mol. The number of ether oxygens (including phenoxy) is 2. The van der Waals surface area contributed by atoms with Crippen LogP contribution in [0.1, 0.15) is 25.3 Å². The largest absolute Gasteiger partial charge is 0.490 e. The highest BCUT2D eigenvalue weighted by atomic mass is 35.5. The normalized spacial score (nSPS) is 22.3. The lowest BCUT2D eigenvalue weighted by molar-refractivity contribution is 0.0264. The summed E-state index contributed by atoms with van der Waals surface area (Å²) < 4.78 is 11.5. The van der Waals surface area contributed by atoms with E-state index >= 15 is 0 Å². The van der Waals surface area contributed by atoms with Gasteiger partial charge in [0.25, 0.3) is 0 Å². The second-order valence-corrected chi connectivity index (χ2v) is 4.66. The van der Waals surface area contributed by atoms with Crippen molar-refractivity contribution in [3.8, 4) is 17.6 Å². The predicted octanol–water partition coefficient (Wildman–Crippen LogP) is 3.22. The summed E-state index contributed by atoms with van der Waals surface area (Å²) in [6.45, 7) is 2.68. The van der Waals surface area contributed by atoms with Gasteiger partial charge in [-0.1, -0.05) is 24.0 Å². The Morgan fingerprint density at radius 2 is 2.22 bits per heavy atom. The molecule has 0 saturated carbocycles. The highest BCUT2D eigenvalue weighted by molar-refractivity contribution is 6.19. The van der Waals surface area contributed by atoms with Gasteiger partial charge in [0.05, 0.1) is 23.7 Å². The molecule has 96 valence electrons. The monoisotopic (exact) mass is 264 g/mol. The molecule has 1 heterocycles. The minimum absolute atomic E-state index is 0.203. The van der Waals surface area contributed by atoms with E-state index in [0.29, 0.717) is 18.6 Å². The van der Waals surface area contributed by atoms with Gasteiger partial charge in [-0.2, -0.15) is 0 Å². The van der Waals surface area contributed by atoms with Crippen LogP contribution in [0.5, 0.6) is 5.75 Å². The standard InChI is InChI=1S/C15H17ClO2/c1-12-8-9-14(18-12)11-17-15-7-3-2-5-13(15)6-4-10-16/h2-3,5,7,12,14H,8-11H2,1H3. The minimum atomic E-state index is 0.203. The summed E-state index contributed by atoms with van der Waals surface area (Å²) >= 11 is 5.57. The van der Waals surface area contributed by atoms with Crippen LogP contribution < -0.4 is 4.74 Å². The minimum Gasteiger partial charge on any atom is -0.490 e. The van der Waals surface area contributed by atoms with Gasteiger partial charge in [-0.05, 0) is 31.9 Å². The Balaban J connectivity index is 1.96. The smallest absolute Gasteiger partial charge is 0.135 e. The van der Waals surface area contributed by atoms with Crippen LogP contribution in [0, 0.1) is 11.8 Å². The van der Waals surface area contributed by atoms with E-state index in [2.05, 4.69) is 18.8 Å². The van der Waals surface area contributed by atoms with Crippen LogP contribution >= 0.6 is 11.6 Å². The first kappa shape index (κ1) is 13.3. The van der Waals surface area contributed by atoms with Crippen LogP contribution in [-0.4, -0.2) is 24.7 Å². The van der Waals surface area contributed by atoms with Gasteiger partial charge in [0.15, 0.2) is 0 Å². The molecule has 0 N–H and O–H groups in total. The zero-order valence-electron chi connectivity index (χ0n) is 10.5. The molecule has 0 bridgehead atoms. The van der Waals surface area contributed by atoms with Gasteiger partial charge in [0, 0.05) is 0 Å². The van der Waals surface area contributed by atoms with E-state index in [9.17, 15) is 0 Å². The fourth-order valence-corrected chi connectivity index (χ4v) is 2.08. The van der Waals surface area contributed by atoms with Gasteiger partial charge in [-0.3, -0.25) is 0 Å². The summed E-state index contributed by atoms with van der Waals surface area (Å²) in [5, 5.41) is 0. The van der Waals surface area contributed by atoms with E-state index in [1.807, 2.05) is 24.3 Å². The molecule has 2 nitrogen and oxygen atoms in total. The lowest BCUT2D eigenvalue weighted by Gasteiger charge is -2.13. The summed E-state index contributed by atoms with van der Waals surface area (Å²) in [4.78, 5) is 0. The third-order valence-electron chi connectivity index (χ3n) is 2.92. The van der Waals surface area contributed by atoms with Crippen molar-refractivity contribution in [3.05, 3.63) is 29.8 Å². The number of halogens is 1. The highest BCUT2D eigenvalue weighted by Crippen LogP contribution is 2.22. The first-order valence-electron chi connectivity index (χ1n) is 6.21. The molecule has 1 saturated heterocycles. The molecule has 3 heteroatoms. The molecule has 2 rings (SSSR count). The molecule has 1 aromatic rings. The van der Waals surface area contributed by atoms with Crippen LogP contribution in [0.25, 0.3) is 0 Å². The summed E-state index contributed by atoms with van der Waals surface area (Å²) in [6.07, 6.45) is 2.73. The van der Waals surface area contributed by atoms with Crippen molar-refractivity contribution >= 4 is 11.6 Å². The Morgan fingerprint density at radius 1 is 1.39 bits per heavy atom. The van der Waals surface area contributed by atoms with Crippen molar-refractivity contribution in [1.82, 2.24) is 0 Å². The van der Waals surface area contributed by atoms with Crippen molar-refractivity contribution in [2.45, 2.75) is 32.0 Å². The van der Waals surface area contributed by atoms with Gasteiger partial charge in [-0.25, -0.2) is 0 Å². The molecular weight excluding hydrogens is 248 g/mol.